The van der Waals surface area contributed by atoms with Crippen molar-refractivity contribution in [3.8, 4) is 0 Å². The summed E-state index contributed by atoms with van der Waals surface area (Å²) in [6.45, 7) is 3.63. The molecule has 5 nitrogen and oxygen atoms in total. The van der Waals surface area contributed by atoms with Crippen LogP contribution in [0.3, 0.4) is 0 Å². The van der Waals surface area contributed by atoms with E-state index in [1.807, 2.05) is 37.3 Å². The fourth-order valence-corrected chi connectivity index (χ4v) is 3.03. The summed E-state index contributed by atoms with van der Waals surface area (Å²) in [7, 11) is 0. The maximum Gasteiger partial charge on any atom is 0.319 e. The molecule has 3 rings (SSSR count). The van der Waals surface area contributed by atoms with E-state index in [1.54, 1.807) is 25.1 Å². The van der Waals surface area contributed by atoms with Crippen LogP contribution >= 0.6 is 11.6 Å². The van der Waals surface area contributed by atoms with Crippen molar-refractivity contribution in [2.24, 2.45) is 0 Å². The predicted molar refractivity (Wildman–Crippen MR) is 98.4 cm³/mol. The number of para-hydroxylation sites is 1. The number of carbonyl (C=O) groups is 2. The molecule has 0 fully saturated rings. The van der Waals surface area contributed by atoms with Gasteiger partial charge in [-0.05, 0) is 43.2 Å². The van der Waals surface area contributed by atoms with Crippen LogP contribution in [0.5, 0.6) is 0 Å². The number of allylic oxidation sites excluding steroid dienone is 1. The number of hydrogen-bond donors (Lipinski definition) is 3. The van der Waals surface area contributed by atoms with E-state index in [4.69, 9.17) is 11.6 Å². The molecule has 3 amide bonds. The standard InChI is InChI=1S/C19H18ClN3O2/c1-11-6-3-4-9-15(11)22-18(24)16-12(2)21-19(25)23-17(16)13-7-5-8-14(20)10-13/h3-10,17H,1-2H3,(H,22,24)(H2,21,23,25)/t17-/m0/s1. The maximum absolute atomic E-state index is 12.9. The largest absolute Gasteiger partial charge is 0.327 e. The Morgan fingerprint density at radius 3 is 2.60 bits per heavy atom. The molecule has 0 saturated carbocycles. The summed E-state index contributed by atoms with van der Waals surface area (Å²) in [5.41, 5.74) is 3.40. The molecule has 1 atom stereocenters. The molecule has 0 unspecified atom stereocenters. The average Bonchev–Trinajstić information content (AvgIpc) is 2.56. The van der Waals surface area contributed by atoms with E-state index in [9.17, 15) is 9.59 Å². The van der Waals surface area contributed by atoms with Gasteiger partial charge < -0.3 is 16.0 Å². The van der Waals surface area contributed by atoms with Crippen molar-refractivity contribution in [2.75, 3.05) is 5.32 Å². The van der Waals surface area contributed by atoms with Gasteiger partial charge in [0.2, 0.25) is 0 Å². The van der Waals surface area contributed by atoms with Gasteiger partial charge in [0.25, 0.3) is 5.91 Å². The third-order valence-corrected chi connectivity index (χ3v) is 4.32. The number of rotatable bonds is 3. The second-order valence-electron chi connectivity index (χ2n) is 5.89. The zero-order valence-corrected chi connectivity index (χ0v) is 14.6. The number of amides is 3. The second-order valence-corrected chi connectivity index (χ2v) is 6.33. The summed E-state index contributed by atoms with van der Waals surface area (Å²) in [5.74, 6) is -0.274. The number of benzene rings is 2. The molecule has 1 heterocycles. The van der Waals surface area contributed by atoms with E-state index in [0.717, 1.165) is 16.8 Å². The van der Waals surface area contributed by atoms with Crippen molar-refractivity contribution < 1.29 is 9.59 Å². The van der Waals surface area contributed by atoms with Crippen LogP contribution in [0.15, 0.2) is 59.8 Å². The smallest absolute Gasteiger partial charge is 0.319 e. The minimum Gasteiger partial charge on any atom is -0.327 e. The van der Waals surface area contributed by atoms with Crippen molar-refractivity contribution in [3.63, 3.8) is 0 Å². The molecule has 128 valence electrons. The minimum absolute atomic E-state index is 0.274. The van der Waals surface area contributed by atoms with Crippen molar-refractivity contribution in [1.29, 1.82) is 0 Å². The molecule has 0 radical (unpaired) electrons. The van der Waals surface area contributed by atoms with Crippen LogP contribution < -0.4 is 16.0 Å². The zero-order valence-electron chi connectivity index (χ0n) is 13.9. The van der Waals surface area contributed by atoms with Gasteiger partial charge >= 0.3 is 6.03 Å². The van der Waals surface area contributed by atoms with Crippen molar-refractivity contribution in [1.82, 2.24) is 10.6 Å². The van der Waals surface area contributed by atoms with E-state index < -0.39 is 6.04 Å². The Balaban J connectivity index is 1.97. The summed E-state index contributed by atoms with van der Waals surface area (Å²) in [5, 5.41) is 8.92. The van der Waals surface area contributed by atoms with Gasteiger partial charge in [0.1, 0.15) is 0 Å². The minimum atomic E-state index is -0.573. The van der Waals surface area contributed by atoms with Crippen LogP contribution in [0.2, 0.25) is 5.02 Å². The molecule has 0 saturated heterocycles. The van der Waals surface area contributed by atoms with Crippen LogP contribution in [0, 0.1) is 6.92 Å². The highest BCUT2D eigenvalue weighted by atomic mass is 35.5. The van der Waals surface area contributed by atoms with Crippen LogP contribution in [-0.4, -0.2) is 11.9 Å². The van der Waals surface area contributed by atoms with Gasteiger partial charge in [-0.3, -0.25) is 4.79 Å². The molecule has 3 N–H and O–H groups in total. The van der Waals surface area contributed by atoms with E-state index in [-0.39, 0.29) is 11.9 Å². The number of carbonyl (C=O) groups excluding carboxylic acids is 2. The number of halogens is 1. The van der Waals surface area contributed by atoms with Gasteiger partial charge in [0.05, 0.1) is 11.6 Å². The lowest BCUT2D eigenvalue weighted by Gasteiger charge is -2.29. The predicted octanol–water partition coefficient (Wildman–Crippen LogP) is 3.92. The molecule has 0 spiro atoms. The lowest BCUT2D eigenvalue weighted by Crippen LogP contribution is -2.46. The summed E-state index contributed by atoms with van der Waals surface area (Å²) < 4.78 is 0. The lowest BCUT2D eigenvalue weighted by atomic mass is 9.94. The molecular formula is C19H18ClN3O2. The summed E-state index contributed by atoms with van der Waals surface area (Å²) in [4.78, 5) is 24.8. The van der Waals surface area contributed by atoms with E-state index >= 15 is 0 Å². The number of hydrogen-bond acceptors (Lipinski definition) is 2. The maximum atomic E-state index is 12.9. The normalized spacial score (nSPS) is 16.9. The first-order valence-corrected chi connectivity index (χ1v) is 8.24. The lowest BCUT2D eigenvalue weighted by molar-refractivity contribution is -0.113. The Bertz CT molecular complexity index is 876. The number of urea groups is 1. The SMILES string of the molecule is CC1=C(C(=O)Nc2ccccc2C)[C@H](c2cccc(Cl)c2)NC(=O)N1. The molecule has 0 aliphatic carbocycles. The Morgan fingerprint density at radius 1 is 1.12 bits per heavy atom. The van der Waals surface area contributed by atoms with Gasteiger partial charge in [-0.1, -0.05) is 41.9 Å². The van der Waals surface area contributed by atoms with Gasteiger partial charge in [-0.25, -0.2) is 4.79 Å². The zero-order chi connectivity index (χ0) is 18.0. The number of aryl methyl sites for hydroxylation is 1. The summed E-state index contributed by atoms with van der Waals surface area (Å²) >= 11 is 6.07. The van der Waals surface area contributed by atoms with Crippen LogP contribution in [0.4, 0.5) is 10.5 Å². The Labute approximate surface area is 151 Å². The Kier molecular flexibility index (Phi) is 4.76. The number of nitrogens with one attached hydrogen (secondary N) is 3. The Morgan fingerprint density at radius 2 is 1.88 bits per heavy atom. The molecule has 2 aromatic carbocycles. The fraction of sp³-hybridized carbons (Fsp3) is 0.158. The molecule has 1 aliphatic heterocycles. The average molecular weight is 356 g/mol. The fourth-order valence-electron chi connectivity index (χ4n) is 2.83. The summed E-state index contributed by atoms with van der Waals surface area (Å²) in [6.07, 6.45) is 0. The molecule has 6 heteroatoms. The molecular weight excluding hydrogens is 338 g/mol. The highest BCUT2D eigenvalue weighted by Gasteiger charge is 2.31. The first-order chi connectivity index (χ1) is 12.0. The highest BCUT2D eigenvalue weighted by Crippen LogP contribution is 2.29. The van der Waals surface area contributed by atoms with Crippen molar-refractivity contribution in [2.45, 2.75) is 19.9 Å². The first kappa shape index (κ1) is 17.0. The Hall–Kier alpha value is -2.79. The molecule has 0 aromatic heterocycles. The van der Waals surface area contributed by atoms with Gasteiger partial charge in [0, 0.05) is 16.4 Å². The third-order valence-electron chi connectivity index (χ3n) is 4.09. The molecule has 25 heavy (non-hydrogen) atoms. The summed E-state index contributed by atoms with van der Waals surface area (Å²) in [6, 6.07) is 13.7. The van der Waals surface area contributed by atoms with E-state index in [1.165, 1.54) is 0 Å². The van der Waals surface area contributed by atoms with Gasteiger partial charge in [-0.2, -0.15) is 0 Å². The topological polar surface area (TPSA) is 70.2 Å². The molecule has 0 bridgehead atoms. The third kappa shape index (κ3) is 3.67. The highest BCUT2D eigenvalue weighted by molar-refractivity contribution is 6.30. The van der Waals surface area contributed by atoms with Crippen molar-refractivity contribution in [3.05, 3.63) is 76.0 Å². The molecule has 1 aliphatic rings. The second kappa shape index (κ2) is 6.99. The van der Waals surface area contributed by atoms with E-state index in [0.29, 0.717) is 16.3 Å². The molecule has 2 aromatic rings. The quantitative estimate of drug-likeness (QED) is 0.781. The van der Waals surface area contributed by atoms with Crippen LogP contribution in [0.25, 0.3) is 0 Å². The first-order valence-electron chi connectivity index (χ1n) is 7.86. The van der Waals surface area contributed by atoms with Crippen molar-refractivity contribution >= 4 is 29.2 Å². The monoisotopic (exact) mass is 355 g/mol. The van der Waals surface area contributed by atoms with Gasteiger partial charge in [-0.15, -0.1) is 0 Å². The number of anilines is 1. The van der Waals surface area contributed by atoms with Gasteiger partial charge in [0.15, 0.2) is 0 Å². The van der Waals surface area contributed by atoms with Crippen LogP contribution in [0.1, 0.15) is 24.1 Å². The van der Waals surface area contributed by atoms with Crippen LogP contribution in [-0.2, 0) is 4.79 Å². The van der Waals surface area contributed by atoms with E-state index in [2.05, 4.69) is 16.0 Å².